The zero-order chi connectivity index (χ0) is 51.6. The molecule has 2 aliphatic heterocycles. The van der Waals surface area contributed by atoms with Gasteiger partial charge in [0.15, 0.2) is 12.6 Å². The smallest absolute Gasteiger partial charge is 0.306 e. The van der Waals surface area contributed by atoms with Gasteiger partial charge in [-0.15, -0.1) is 0 Å². The van der Waals surface area contributed by atoms with E-state index in [0.717, 1.165) is 64.2 Å². The number of allylic oxidation sites excluding steroid dienone is 4. The summed E-state index contributed by atoms with van der Waals surface area (Å²) in [4.78, 5) is 13.0. The van der Waals surface area contributed by atoms with Crippen molar-refractivity contribution in [1.29, 1.82) is 0 Å². The average molecular weight is 1020 g/mol. The van der Waals surface area contributed by atoms with Crippen LogP contribution in [-0.4, -0.2) is 142 Å². The van der Waals surface area contributed by atoms with Crippen LogP contribution in [0.1, 0.15) is 232 Å². The first-order valence-corrected chi connectivity index (χ1v) is 28.9. The van der Waals surface area contributed by atoms with Crippen molar-refractivity contribution in [1.82, 2.24) is 0 Å². The number of rotatable bonds is 47. The van der Waals surface area contributed by atoms with Gasteiger partial charge in [0.2, 0.25) is 0 Å². The minimum absolute atomic E-state index is 0.0602. The molecule has 0 radical (unpaired) electrons. The molecule has 2 saturated heterocycles. The van der Waals surface area contributed by atoms with E-state index in [4.69, 9.17) is 28.4 Å². The average Bonchev–Trinajstić information content (AvgIpc) is 3.37. The number of ether oxygens (including phenoxy) is 6. The molecule has 2 heterocycles. The number of aliphatic hydroxyl groups is 7. The Balaban J connectivity index is 1.67. The third-order valence-corrected chi connectivity index (χ3v) is 13.9. The Bertz CT molecular complexity index is 1270. The molecule has 7 N–H and O–H groups in total. The summed E-state index contributed by atoms with van der Waals surface area (Å²) in [7, 11) is 0. The number of carbonyl (C=O) groups is 1. The molecule has 0 aromatic rings. The largest absolute Gasteiger partial charge is 0.457 e. The summed E-state index contributed by atoms with van der Waals surface area (Å²) < 4.78 is 34.3. The molecule has 0 aromatic carbocycles. The molecule has 418 valence electrons. The lowest BCUT2D eigenvalue weighted by atomic mass is 9.98. The summed E-state index contributed by atoms with van der Waals surface area (Å²) in [6.07, 6.45) is 34.0. The van der Waals surface area contributed by atoms with Gasteiger partial charge in [0, 0.05) is 13.0 Å². The zero-order valence-electron chi connectivity index (χ0n) is 44.7. The van der Waals surface area contributed by atoms with Gasteiger partial charge in [-0.05, 0) is 38.5 Å². The summed E-state index contributed by atoms with van der Waals surface area (Å²) in [5.41, 5.74) is 0. The van der Waals surface area contributed by atoms with E-state index in [2.05, 4.69) is 38.2 Å². The van der Waals surface area contributed by atoms with Gasteiger partial charge in [-0.2, -0.15) is 0 Å². The molecule has 71 heavy (non-hydrogen) atoms. The van der Waals surface area contributed by atoms with Crippen LogP contribution < -0.4 is 0 Å². The maximum atomic E-state index is 13.0. The predicted molar refractivity (Wildman–Crippen MR) is 280 cm³/mol. The molecule has 0 amide bonds. The second-order valence-corrected chi connectivity index (χ2v) is 20.5. The second kappa shape index (κ2) is 44.7. The van der Waals surface area contributed by atoms with E-state index in [0.29, 0.717) is 13.0 Å². The maximum Gasteiger partial charge on any atom is 0.306 e. The van der Waals surface area contributed by atoms with E-state index in [1.807, 2.05) is 0 Å². The monoisotopic (exact) mass is 1010 g/mol. The molecule has 0 spiro atoms. The van der Waals surface area contributed by atoms with Gasteiger partial charge in [-0.25, -0.2) is 0 Å². The van der Waals surface area contributed by atoms with Crippen molar-refractivity contribution in [3.05, 3.63) is 24.3 Å². The van der Waals surface area contributed by atoms with Crippen molar-refractivity contribution in [2.24, 2.45) is 0 Å². The lowest BCUT2D eigenvalue weighted by Gasteiger charge is -2.42. The van der Waals surface area contributed by atoms with Crippen molar-refractivity contribution in [2.45, 2.75) is 300 Å². The molecule has 0 aromatic heterocycles. The summed E-state index contributed by atoms with van der Waals surface area (Å²) in [6.45, 7) is 3.64. The van der Waals surface area contributed by atoms with Crippen LogP contribution in [0, 0.1) is 0 Å². The summed E-state index contributed by atoms with van der Waals surface area (Å²) in [5, 5.41) is 72.2. The number of carbonyl (C=O) groups excluding carboxylic acids is 1. The minimum Gasteiger partial charge on any atom is -0.457 e. The van der Waals surface area contributed by atoms with E-state index >= 15 is 0 Å². The van der Waals surface area contributed by atoms with Crippen molar-refractivity contribution in [2.75, 3.05) is 33.0 Å². The van der Waals surface area contributed by atoms with Gasteiger partial charge < -0.3 is 64.2 Å². The minimum atomic E-state index is -1.71. The predicted octanol–water partition coefficient (Wildman–Crippen LogP) is 9.97. The number of hydrogen-bond acceptors (Lipinski definition) is 14. The molecular weight excluding hydrogens is 909 g/mol. The Morgan fingerprint density at radius 1 is 0.465 bits per heavy atom. The summed E-state index contributed by atoms with van der Waals surface area (Å²) in [6, 6.07) is 0. The number of esters is 1. The van der Waals surface area contributed by atoms with Crippen molar-refractivity contribution >= 4 is 5.97 Å². The molecule has 0 saturated carbocycles. The van der Waals surface area contributed by atoms with E-state index in [9.17, 15) is 40.5 Å². The van der Waals surface area contributed by atoms with Crippen LogP contribution in [0.5, 0.6) is 0 Å². The molecule has 2 aliphatic rings. The lowest BCUT2D eigenvalue weighted by molar-refractivity contribution is -0.332. The van der Waals surface area contributed by atoms with Crippen molar-refractivity contribution in [3.63, 3.8) is 0 Å². The van der Waals surface area contributed by atoms with Gasteiger partial charge in [0.25, 0.3) is 0 Å². The molecule has 14 heteroatoms. The SMILES string of the molecule is CCC/C=C\C/C=C\CCCCCCCC(=O)OC(COCCCCCCCCCCCCCCCCCCCCCCCCCC)COC1OC(COC2OC(CO)C(O)C(O)C2O)C(O)C(O)C1O. The molecule has 11 unspecified atom stereocenters. The van der Waals surface area contributed by atoms with E-state index < -0.39 is 80.7 Å². The van der Waals surface area contributed by atoms with Crippen LogP contribution in [0.25, 0.3) is 0 Å². The molecule has 2 rings (SSSR count). The quantitative estimate of drug-likeness (QED) is 0.0172. The first-order chi connectivity index (χ1) is 34.6. The van der Waals surface area contributed by atoms with Crippen LogP contribution >= 0.6 is 0 Å². The van der Waals surface area contributed by atoms with Crippen molar-refractivity contribution < 1.29 is 69.0 Å². The number of hydrogen-bond donors (Lipinski definition) is 7. The molecular formula is C57H106O14. The fourth-order valence-electron chi connectivity index (χ4n) is 9.27. The summed E-state index contributed by atoms with van der Waals surface area (Å²) in [5.74, 6) is -0.387. The first kappa shape index (κ1) is 65.6. The van der Waals surface area contributed by atoms with Gasteiger partial charge >= 0.3 is 5.97 Å². The lowest BCUT2D eigenvalue weighted by Crippen LogP contribution is -2.61. The van der Waals surface area contributed by atoms with Crippen LogP contribution in [0.2, 0.25) is 0 Å². The highest BCUT2D eigenvalue weighted by molar-refractivity contribution is 5.69. The highest BCUT2D eigenvalue weighted by atomic mass is 16.7. The van der Waals surface area contributed by atoms with Crippen LogP contribution in [0.3, 0.4) is 0 Å². The summed E-state index contributed by atoms with van der Waals surface area (Å²) >= 11 is 0. The number of aliphatic hydroxyl groups excluding tert-OH is 7. The van der Waals surface area contributed by atoms with Crippen LogP contribution in [0.15, 0.2) is 24.3 Å². The topological polar surface area (TPSA) is 214 Å². The Labute approximate surface area is 430 Å². The van der Waals surface area contributed by atoms with E-state index in [1.54, 1.807) is 0 Å². The fraction of sp³-hybridized carbons (Fsp3) is 0.912. The molecule has 14 nitrogen and oxygen atoms in total. The van der Waals surface area contributed by atoms with Crippen LogP contribution in [-0.2, 0) is 33.2 Å². The first-order valence-electron chi connectivity index (χ1n) is 28.9. The Morgan fingerprint density at radius 3 is 1.41 bits per heavy atom. The fourth-order valence-corrected chi connectivity index (χ4v) is 9.27. The Morgan fingerprint density at radius 2 is 0.901 bits per heavy atom. The molecule has 0 aliphatic carbocycles. The number of unbranched alkanes of at least 4 members (excludes halogenated alkanes) is 29. The van der Waals surface area contributed by atoms with E-state index in [1.165, 1.54) is 141 Å². The molecule has 11 atom stereocenters. The maximum absolute atomic E-state index is 13.0. The Hall–Kier alpha value is -1.53. The van der Waals surface area contributed by atoms with Gasteiger partial charge in [0.1, 0.15) is 54.9 Å². The Kier molecular flexibility index (Phi) is 41.3. The standard InChI is InChI=1S/C57H106O14/c1-3-5-7-9-11-13-15-17-18-19-20-21-22-23-24-25-26-27-29-31-33-35-37-39-41-66-43-46(69-49(59)40-38-36-34-32-30-28-16-14-12-10-8-6-4-2)44-67-56-55(65)53(63)51(61)48(71-56)45-68-57-54(64)52(62)50(60)47(42-58)70-57/h8,10,14,16,46-48,50-58,60-65H,3-7,9,11-13,15,17-45H2,1-2H3/b10-8-,16-14-. The van der Waals surface area contributed by atoms with Crippen LogP contribution in [0.4, 0.5) is 0 Å². The zero-order valence-corrected chi connectivity index (χ0v) is 44.7. The van der Waals surface area contributed by atoms with Gasteiger partial charge in [0.05, 0.1) is 26.4 Å². The van der Waals surface area contributed by atoms with E-state index in [-0.39, 0.29) is 25.6 Å². The molecule has 0 bridgehead atoms. The highest BCUT2D eigenvalue weighted by Crippen LogP contribution is 2.27. The van der Waals surface area contributed by atoms with Gasteiger partial charge in [-0.3, -0.25) is 4.79 Å². The molecule has 2 fully saturated rings. The third kappa shape index (κ3) is 31.8. The van der Waals surface area contributed by atoms with Gasteiger partial charge in [-0.1, -0.05) is 212 Å². The van der Waals surface area contributed by atoms with Crippen molar-refractivity contribution in [3.8, 4) is 0 Å². The third-order valence-electron chi connectivity index (χ3n) is 13.9. The second-order valence-electron chi connectivity index (χ2n) is 20.5. The highest BCUT2D eigenvalue weighted by Gasteiger charge is 2.47. The normalized spacial score (nSPS) is 25.4.